The van der Waals surface area contributed by atoms with Crippen LogP contribution in [0.15, 0.2) is 60.7 Å². The van der Waals surface area contributed by atoms with E-state index in [4.69, 9.17) is 14.2 Å². The molecule has 0 radical (unpaired) electrons. The average molecular weight is 407 g/mol. The lowest BCUT2D eigenvalue weighted by Crippen LogP contribution is -2.51. The van der Waals surface area contributed by atoms with Crippen LogP contribution in [0.2, 0.25) is 0 Å². The third kappa shape index (κ3) is 3.83. The van der Waals surface area contributed by atoms with Gasteiger partial charge in [-0.2, -0.15) is 0 Å². The van der Waals surface area contributed by atoms with E-state index in [1.54, 1.807) is 7.85 Å². The Morgan fingerprint density at radius 2 is 1.53 bits per heavy atom. The van der Waals surface area contributed by atoms with Gasteiger partial charge in [0.15, 0.2) is 5.60 Å². The van der Waals surface area contributed by atoms with E-state index >= 15 is 0 Å². The zero-order valence-corrected chi connectivity index (χ0v) is 16.6. The minimum atomic E-state index is -1.61. The van der Waals surface area contributed by atoms with Crippen molar-refractivity contribution in [2.45, 2.75) is 37.3 Å². The van der Waals surface area contributed by atoms with E-state index in [1.807, 2.05) is 60.7 Å². The Balaban J connectivity index is 1.45. The maximum atomic E-state index is 12.9. The van der Waals surface area contributed by atoms with Crippen molar-refractivity contribution in [3.63, 3.8) is 0 Å². The molecule has 0 saturated carbocycles. The van der Waals surface area contributed by atoms with Crippen LogP contribution in [0.3, 0.4) is 0 Å². The number of carbonyl (C=O) groups is 3. The number of rotatable bonds is 7. The van der Waals surface area contributed by atoms with Crippen molar-refractivity contribution in [2.75, 3.05) is 0 Å². The van der Waals surface area contributed by atoms with Crippen molar-refractivity contribution < 1.29 is 28.6 Å². The van der Waals surface area contributed by atoms with Crippen LogP contribution < -0.4 is 5.32 Å². The van der Waals surface area contributed by atoms with E-state index in [0.29, 0.717) is 0 Å². The molecule has 2 fully saturated rings. The zero-order chi connectivity index (χ0) is 21.1. The molecule has 7 nitrogen and oxygen atoms in total. The summed E-state index contributed by atoms with van der Waals surface area (Å²) in [5.74, 6) is -2.57. The number of fused-ring (bicyclic) bond motifs is 2. The van der Waals surface area contributed by atoms with Gasteiger partial charge in [-0.05, 0) is 11.1 Å². The third-order valence-electron chi connectivity index (χ3n) is 5.57. The highest BCUT2D eigenvalue weighted by atomic mass is 16.6. The largest absolute Gasteiger partial charge is 0.461 e. The molecule has 2 unspecified atom stereocenters. The van der Waals surface area contributed by atoms with Crippen LogP contribution >= 0.6 is 0 Å². The summed E-state index contributed by atoms with van der Waals surface area (Å²) in [6.07, 6.45) is -0.350. The lowest BCUT2D eigenvalue weighted by atomic mass is 9.82. The molecular formula is C22H22BNO6. The second-order valence-electron chi connectivity index (χ2n) is 7.61. The van der Waals surface area contributed by atoms with E-state index in [2.05, 4.69) is 5.32 Å². The molecule has 2 aromatic rings. The lowest BCUT2D eigenvalue weighted by molar-refractivity contribution is -0.169. The number of hydrogen-bond acceptors (Lipinski definition) is 6. The molecule has 0 aliphatic carbocycles. The van der Waals surface area contributed by atoms with Crippen LogP contribution in [0.4, 0.5) is 0 Å². The quantitative estimate of drug-likeness (QED) is 0.537. The van der Waals surface area contributed by atoms with E-state index < -0.39 is 41.4 Å². The van der Waals surface area contributed by atoms with E-state index in [9.17, 15) is 14.4 Å². The Kier molecular flexibility index (Phi) is 5.59. The van der Waals surface area contributed by atoms with Crippen molar-refractivity contribution in [1.29, 1.82) is 0 Å². The number of amides is 1. The molecule has 154 valence electrons. The van der Waals surface area contributed by atoms with Gasteiger partial charge in [0.2, 0.25) is 0 Å². The summed E-state index contributed by atoms with van der Waals surface area (Å²) in [6, 6.07) is 17.5. The Morgan fingerprint density at radius 1 is 0.967 bits per heavy atom. The molecule has 1 amide bonds. The molecule has 0 spiro atoms. The maximum Gasteiger partial charge on any atom is 0.314 e. The monoisotopic (exact) mass is 407 g/mol. The molecule has 2 bridgehead atoms. The first-order chi connectivity index (χ1) is 14.5. The van der Waals surface area contributed by atoms with Crippen LogP contribution in [0.5, 0.6) is 0 Å². The molecule has 2 aliphatic heterocycles. The van der Waals surface area contributed by atoms with E-state index in [-0.39, 0.29) is 19.6 Å². The SMILES string of the molecule is B[C@@H]1O[C@@]2(CC(=O)OCc3ccccc3)C(=O)NC1C2C(=O)OCc1ccccc1. The molecule has 8 heteroatoms. The zero-order valence-electron chi connectivity index (χ0n) is 16.6. The summed E-state index contributed by atoms with van der Waals surface area (Å²) in [4.78, 5) is 38.1. The average Bonchev–Trinajstić information content (AvgIpc) is 3.19. The molecule has 30 heavy (non-hydrogen) atoms. The van der Waals surface area contributed by atoms with Crippen LogP contribution in [0, 0.1) is 5.92 Å². The number of ether oxygens (including phenoxy) is 3. The minimum absolute atomic E-state index is 0.0828. The number of benzene rings is 2. The summed E-state index contributed by atoms with van der Waals surface area (Å²) < 4.78 is 16.6. The molecule has 4 rings (SSSR count). The van der Waals surface area contributed by atoms with Crippen molar-refractivity contribution in [2.24, 2.45) is 5.92 Å². The van der Waals surface area contributed by atoms with Crippen LogP contribution in [-0.2, 0) is 41.8 Å². The highest BCUT2D eigenvalue weighted by molar-refractivity contribution is 6.14. The van der Waals surface area contributed by atoms with Gasteiger partial charge in [0.25, 0.3) is 5.91 Å². The number of nitrogens with one attached hydrogen (secondary N) is 1. The number of carbonyl (C=O) groups excluding carboxylic acids is 3. The Morgan fingerprint density at radius 3 is 2.13 bits per heavy atom. The van der Waals surface area contributed by atoms with E-state index in [1.165, 1.54) is 0 Å². The second kappa shape index (κ2) is 8.32. The van der Waals surface area contributed by atoms with Crippen LogP contribution in [-0.4, -0.2) is 43.3 Å². The fourth-order valence-electron chi connectivity index (χ4n) is 4.10. The fourth-order valence-corrected chi connectivity index (χ4v) is 4.10. The Hall–Kier alpha value is -3.13. The first-order valence-electron chi connectivity index (χ1n) is 9.88. The van der Waals surface area contributed by atoms with Gasteiger partial charge in [0.05, 0.1) is 12.5 Å². The lowest BCUT2D eigenvalue weighted by Gasteiger charge is -2.28. The summed E-state index contributed by atoms with van der Waals surface area (Å²) in [5.41, 5.74) is 0.0587. The number of hydrogen-bond donors (Lipinski definition) is 1. The summed E-state index contributed by atoms with van der Waals surface area (Å²) in [5, 5.41) is 2.78. The summed E-state index contributed by atoms with van der Waals surface area (Å²) >= 11 is 0. The minimum Gasteiger partial charge on any atom is -0.461 e. The van der Waals surface area contributed by atoms with Gasteiger partial charge in [-0.25, -0.2) is 0 Å². The van der Waals surface area contributed by atoms with Gasteiger partial charge in [-0.15, -0.1) is 0 Å². The van der Waals surface area contributed by atoms with Gasteiger partial charge in [0, 0.05) is 6.00 Å². The van der Waals surface area contributed by atoms with Crippen molar-refractivity contribution >= 4 is 25.7 Å². The Labute approximate surface area is 175 Å². The highest BCUT2D eigenvalue weighted by Crippen LogP contribution is 2.44. The smallest absolute Gasteiger partial charge is 0.314 e. The van der Waals surface area contributed by atoms with Crippen molar-refractivity contribution in [3.8, 4) is 0 Å². The number of esters is 2. The molecule has 2 aromatic carbocycles. The normalized spacial score (nSPS) is 26.8. The molecular weight excluding hydrogens is 385 g/mol. The molecule has 0 aromatic heterocycles. The first-order valence-corrected chi connectivity index (χ1v) is 9.88. The highest BCUT2D eigenvalue weighted by Gasteiger charge is 2.68. The van der Waals surface area contributed by atoms with Crippen LogP contribution in [0.25, 0.3) is 0 Å². The molecule has 4 atom stereocenters. The number of morpholine rings is 1. The van der Waals surface area contributed by atoms with E-state index in [0.717, 1.165) is 11.1 Å². The predicted molar refractivity (Wildman–Crippen MR) is 109 cm³/mol. The van der Waals surface area contributed by atoms with Crippen molar-refractivity contribution in [3.05, 3.63) is 71.8 Å². The van der Waals surface area contributed by atoms with Crippen LogP contribution in [0.1, 0.15) is 17.5 Å². The first kappa shape index (κ1) is 20.2. The molecule has 1 N–H and O–H groups in total. The topological polar surface area (TPSA) is 90.9 Å². The Bertz CT molecular complexity index is 937. The second-order valence-corrected chi connectivity index (χ2v) is 7.61. The summed E-state index contributed by atoms with van der Waals surface area (Å²) in [6.45, 7) is 0.166. The standard InChI is InChI=1S/C22H22BNO6/c23-19-18-17(20(26)29-13-15-9-5-2-6-10-15)22(30-19,21(27)24-18)11-16(25)28-12-14-7-3-1-4-8-14/h1-10,17-19H,11-13,23H2,(H,24,27)/t17?,18?,19-,22-/m1/s1. The van der Waals surface area contributed by atoms with Gasteiger partial charge in [-0.3, -0.25) is 14.4 Å². The molecule has 2 heterocycles. The predicted octanol–water partition coefficient (Wildman–Crippen LogP) is 0.706. The third-order valence-corrected chi connectivity index (χ3v) is 5.57. The van der Waals surface area contributed by atoms with Gasteiger partial charge < -0.3 is 19.5 Å². The van der Waals surface area contributed by atoms with Gasteiger partial charge in [0.1, 0.15) is 27.0 Å². The maximum absolute atomic E-state index is 12.9. The molecule has 2 saturated heterocycles. The fraction of sp³-hybridized carbons (Fsp3) is 0.318. The van der Waals surface area contributed by atoms with Gasteiger partial charge >= 0.3 is 11.9 Å². The summed E-state index contributed by atoms with van der Waals surface area (Å²) in [7, 11) is 1.76. The van der Waals surface area contributed by atoms with Crippen molar-refractivity contribution in [1.82, 2.24) is 5.32 Å². The van der Waals surface area contributed by atoms with Gasteiger partial charge in [-0.1, -0.05) is 60.7 Å². The molecule has 2 aliphatic rings.